The molecule has 2 unspecified atom stereocenters. The van der Waals surface area contributed by atoms with Gasteiger partial charge in [0.1, 0.15) is 6.10 Å². The summed E-state index contributed by atoms with van der Waals surface area (Å²) in [7, 11) is -1.62. The summed E-state index contributed by atoms with van der Waals surface area (Å²) in [5.74, 6) is 0.410. The second-order valence-electron chi connectivity index (χ2n) is 9.40. The van der Waals surface area contributed by atoms with Crippen molar-refractivity contribution < 1.29 is 9.26 Å². The second kappa shape index (κ2) is 9.68. The fourth-order valence-electron chi connectivity index (χ4n) is 3.17. The SMILES string of the molecule is CC(ON(C(c1cccs1)C(C)C)C(C)(C)CO[Si](C)(C)C)c1ccccc1. The number of thiophene rings is 1. The monoisotopic (exact) mass is 419 g/mol. The Bertz CT molecular complexity index is 695. The van der Waals surface area contributed by atoms with Gasteiger partial charge in [-0.25, -0.2) is 0 Å². The van der Waals surface area contributed by atoms with Crippen molar-refractivity contribution in [1.29, 1.82) is 0 Å². The summed E-state index contributed by atoms with van der Waals surface area (Å²) >= 11 is 1.80. The molecule has 28 heavy (non-hydrogen) atoms. The van der Waals surface area contributed by atoms with Gasteiger partial charge in [0, 0.05) is 4.88 Å². The smallest absolute Gasteiger partial charge is 0.183 e. The molecule has 0 spiro atoms. The molecule has 1 heterocycles. The highest BCUT2D eigenvalue weighted by Gasteiger charge is 2.39. The van der Waals surface area contributed by atoms with Crippen LogP contribution in [0.5, 0.6) is 0 Å². The zero-order chi connectivity index (χ0) is 20.9. The van der Waals surface area contributed by atoms with E-state index in [0.29, 0.717) is 12.5 Å². The first-order chi connectivity index (χ1) is 13.0. The Kier molecular flexibility index (Phi) is 8.05. The molecule has 1 aromatic heterocycles. The molecule has 156 valence electrons. The maximum absolute atomic E-state index is 6.69. The number of benzene rings is 1. The summed E-state index contributed by atoms with van der Waals surface area (Å²) in [6.45, 7) is 18.5. The van der Waals surface area contributed by atoms with Gasteiger partial charge in [-0.15, -0.1) is 11.3 Å². The fourth-order valence-corrected chi connectivity index (χ4v) is 4.94. The molecule has 3 nitrogen and oxygen atoms in total. The van der Waals surface area contributed by atoms with E-state index in [4.69, 9.17) is 9.26 Å². The molecule has 0 saturated carbocycles. The van der Waals surface area contributed by atoms with E-state index in [1.54, 1.807) is 11.3 Å². The van der Waals surface area contributed by atoms with Crippen LogP contribution in [0.25, 0.3) is 0 Å². The lowest BCUT2D eigenvalue weighted by Crippen LogP contribution is -2.52. The number of hydrogen-bond acceptors (Lipinski definition) is 4. The zero-order valence-electron chi connectivity index (χ0n) is 18.7. The van der Waals surface area contributed by atoms with Crippen LogP contribution in [0, 0.1) is 5.92 Å². The molecule has 0 aliphatic carbocycles. The minimum absolute atomic E-state index is 0.0337. The minimum Gasteiger partial charge on any atom is -0.416 e. The number of rotatable bonds is 10. The first-order valence-electron chi connectivity index (χ1n) is 10.2. The Hall–Kier alpha value is -0.983. The lowest BCUT2D eigenvalue weighted by atomic mass is 9.96. The third kappa shape index (κ3) is 6.53. The highest BCUT2D eigenvalue weighted by molar-refractivity contribution is 7.10. The molecule has 5 heteroatoms. The number of nitrogens with zero attached hydrogens (tertiary/aromatic N) is 1. The second-order valence-corrected chi connectivity index (χ2v) is 14.9. The predicted octanol–water partition coefficient (Wildman–Crippen LogP) is 7.07. The van der Waals surface area contributed by atoms with Crippen molar-refractivity contribution in [2.45, 2.75) is 71.9 Å². The van der Waals surface area contributed by atoms with Gasteiger partial charge in [0.25, 0.3) is 0 Å². The van der Waals surface area contributed by atoms with Crippen molar-refractivity contribution in [3.8, 4) is 0 Å². The molecule has 0 saturated heterocycles. The maximum atomic E-state index is 6.69. The van der Waals surface area contributed by atoms with Gasteiger partial charge in [-0.2, -0.15) is 5.06 Å². The normalized spacial score (nSPS) is 15.2. The first-order valence-corrected chi connectivity index (χ1v) is 14.5. The van der Waals surface area contributed by atoms with Crippen LogP contribution in [0.15, 0.2) is 47.8 Å². The van der Waals surface area contributed by atoms with E-state index in [1.165, 1.54) is 10.4 Å². The summed E-state index contributed by atoms with van der Waals surface area (Å²) in [5, 5.41) is 4.36. The molecule has 2 atom stereocenters. The van der Waals surface area contributed by atoms with Gasteiger partial charge in [0.05, 0.1) is 18.2 Å². The maximum Gasteiger partial charge on any atom is 0.183 e. The molecule has 0 bridgehead atoms. The van der Waals surface area contributed by atoms with Crippen molar-refractivity contribution in [1.82, 2.24) is 5.06 Å². The third-order valence-electron chi connectivity index (χ3n) is 4.71. The highest BCUT2D eigenvalue weighted by Crippen LogP contribution is 2.39. The molecule has 0 fully saturated rings. The van der Waals surface area contributed by atoms with E-state index in [9.17, 15) is 0 Å². The molecule has 0 aliphatic rings. The zero-order valence-corrected chi connectivity index (χ0v) is 20.5. The van der Waals surface area contributed by atoms with Gasteiger partial charge in [-0.05, 0) is 63.3 Å². The van der Waals surface area contributed by atoms with E-state index < -0.39 is 8.32 Å². The molecular formula is C23H37NO2SSi. The average molecular weight is 420 g/mol. The Morgan fingerprint density at radius 3 is 2.14 bits per heavy atom. The summed E-state index contributed by atoms with van der Waals surface area (Å²) in [5.41, 5.74) is 0.922. The Labute approximate surface area is 176 Å². The number of hydroxylamine groups is 2. The average Bonchev–Trinajstić information content (AvgIpc) is 3.13. The van der Waals surface area contributed by atoms with Crippen LogP contribution in [-0.2, 0) is 9.26 Å². The summed E-state index contributed by atoms with van der Waals surface area (Å²) < 4.78 is 6.33. The summed E-state index contributed by atoms with van der Waals surface area (Å²) in [4.78, 5) is 8.02. The van der Waals surface area contributed by atoms with Gasteiger partial charge in [-0.3, -0.25) is 4.84 Å². The van der Waals surface area contributed by atoms with Crippen molar-refractivity contribution in [2.75, 3.05) is 6.61 Å². The first kappa shape index (κ1) is 23.3. The van der Waals surface area contributed by atoms with Gasteiger partial charge < -0.3 is 4.43 Å². The van der Waals surface area contributed by atoms with Crippen LogP contribution in [-0.4, -0.2) is 25.5 Å². The standard InChI is InChI=1S/C23H37NO2SSi/c1-18(2)22(21-15-12-16-27-21)24(23(4,5)17-25-28(6,7)8)26-19(3)20-13-10-9-11-14-20/h9-16,18-19,22H,17H2,1-8H3. The Balaban J connectivity index is 2.36. The van der Waals surface area contributed by atoms with Gasteiger partial charge >= 0.3 is 0 Å². The Morgan fingerprint density at radius 2 is 1.64 bits per heavy atom. The molecule has 2 rings (SSSR count). The van der Waals surface area contributed by atoms with Crippen LogP contribution in [0.3, 0.4) is 0 Å². The number of hydrogen-bond donors (Lipinski definition) is 0. The molecular weight excluding hydrogens is 382 g/mol. The molecule has 0 aliphatic heterocycles. The van der Waals surface area contributed by atoms with Crippen LogP contribution in [0.2, 0.25) is 19.6 Å². The third-order valence-corrected chi connectivity index (χ3v) is 6.67. The van der Waals surface area contributed by atoms with E-state index in [2.05, 4.69) is 101 Å². The van der Waals surface area contributed by atoms with Crippen LogP contribution in [0.4, 0.5) is 0 Å². The molecule has 1 aromatic carbocycles. The van der Waals surface area contributed by atoms with E-state index in [-0.39, 0.29) is 17.7 Å². The van der Waals surface area contributed by atoms with Crippen LogP contribution < -0.4 is 0 Å². The van der Waals surface area contributed by atoms with E-state index >= 15 is 0 Å². The van der Waals surface area contributed by atoms with Crippen molar-refractivity contribution in [3.05, 3.63) is 58.3 Å². The van der Waals surface area contributed by atoms with Gasteiger partial charge in [0.15, 0.2) is 8.32 Å². The largest absolute Gasteiger partial charge is 0.416 e. The van der Waals surface area contributed by atoms with Crippen molar-refractivity contribution in [2.24, 2.45) is 5.92 Å². The molecule has 0 amide bonds. The molecule has 0 N–H and O–H groups in total. The van der Waals surface area contributed by atoms with E-state index in [1.807, 2.05) is 6.07 Å². The lowest BCUT2D eigenvalue weighted by molar-refractivity contribution is -0.280. The molecule has 0 radical (unpaired) electrons. The molecule has 2 aromatic rings. The van der Waals surface area contributed by atoms with Crippen LogP contribution >= 0.6 is 11.3 Å². The minimum atomic E-state index is -1.62. The van der Waals surface area contributed by atoms with Crippen molar-refractivity contribution in [3.63, 3.8) is 0 Å². The fraction of sp³-hybridized carbons (Fsp3) is 0.565. The topological polar surface area (TPSA) is 21.7 Å². The summed E-state index contributed by atoms with van der Waals surface area (Å²) in [6, 6.07) is 15.0. The predicted molar refractivity (Wildman–Crippen MR) is 123 cm³/mol. The Morgan fingerprint density at radius 1 is 1.00 bits per heavy atom. The quantitative estimate of drug-likeness (QED) is 0.303. The van der Waals surface area contributed by atoms with Crippen molar-refractivity contribution >= 4 is 19.7 Å². The van der Waals surface area contributed by atoms with Gasteiger partial charge in [-0.1, -0.05) is 50.2 Å². The van der Waals surface area contributed by atoms with Gasteiger partial charge in [0.2, 0.25) is 0 Å². The highest BCUT2D eigenvalue weighted by atomic mass is 32.1. The lowest BCUT2D eigenvalue weighted by Gasteiger charge is -2.45. The summed E-state index contributed by atoms with van der Waals surface area (Å²) in [6.07, 6.45) is -0.0337. The van der Waals surface area contributed by atoms with E-state index in [0.717, 1.165) is 0 Å². The van der Waals surface area contributed by atoms with Crippen LogP contribution in [0.1, 0.15) is 57.2 Å².